The van der Waals surface area contributed by atoms with E-state index in [9.17, 15) is 14.7 Å². The number of carbonyl (C=O) groups is 1. The number of aromatic amines is 1. The topological polar surface area (TPSA) is 117 Å². The van der Waals surface area contributed by atoms with Crippen LogP contribution in [0, 0.1) is 0 Å². The molecule has 27 heavy (non-hydrogen) atoms. The van der Waals surface area contributed by atoms with Crippen LogP contribution < -0.4 is 15.9 Å². The van der Waals surface area contributed by atoms with Crippen molar-refractivity contribution < 1.29 is 14.6 Å². The Labute approximate surface area is 154 Å². The van der Waals surface area contributed by atoms with Crippen LogP contribution in [0.25, 0.3) is 11.3 Å². The molecule has 0 spiro atoms. The molecule has 1 amide bonds. The molecule has 2 aromatic carbocycles. The van der Waals surface area contributed by atoms with Crippen LogP contribution in [0.3, 0.4) is 0 Å². The van der Waals surface area contributed by atoms with E-state index in [1.807, 2.05) is 18.2 Å². The minimum atomic E-state index is -0.634. The molecule has 0 saturated heterocycles. The van der Waals surface area contributed by atoms with E-state index in [2.05, 4.69) is 20.5 Å². The van der Waals surface area contributed by atoms with Gasteiger partial charge in [0.1, 0.15) is 5.69 Å². The summed E-state index contributed by atoms with van der Waals surface area (Å²) >= 11 is 0. The van der Waals surface area contributed by atoms with Crippen molar-refractivity contribution in [2.75, 3.05) is 7.11 Å². The van der Waals surface area contributed by atoms with Crippen molar-refractivity contribution in [1.29, 1.82) is 0 Å². The molecule has 0 aliphatic carbocycles. The third kappa shape index (κ3) is 4.37. The highest BCUT2D eigenvalue weighted by atomic mass is 16.5. The molecule has 0 fully saturated rings. The van der Waals surface area contributed by atoms with Crippen molar-refractivity contribution in [3.05, 3.63) is 76.3 Å². The highest BCUT2D eigenvalue weighted by molar-refractivity contribution is 5.94. The summed E-state index contributed by atoms with van der Waals surface area (Å²) in [5.74, 6) is -0.307. The molecule has 3 aromatic rings. The van der Waals surface area contributed by atoms with Gasteiger partial charge in [-0.05, 0) is 29.8 Å². The quantitative estimate of drug-likeness (QED) is 0.472. The molecule has 0 bridgehead atoms. The summed E-state index contributed by atoms with van der Waals surface area (Å²) < 4.78 is 4.96. The van der Waals surface area contributed by atoms with E-state index in [-0.39, 0.29) is 11.4 Å². The summed E-state index contributed by atoms with van der Waals surface area (Å²) in [5.41, 5.74) is 3.38. The molecule has 136 valence electrons. The third-order valence-electron chi connectivity index (χ3n) is 3.64. The molecular formula is C19H16N4O4. The molecule has 3 N–H and O–H groups in total. The number of phenolic OH excluding ortho intramolecular Hbond substituents is 1. The van der Waals surface area contributed by atoms with Crippen molar-refractivity contribution >= 4 is 12.1 Å². The van der Waals surface area contributed by atoms with Crippen LogP contribution in [0.1, 0.15) is 16.1 Å². The van der Waals surface area contributed by atoms with E-state index in [0.717, 1.165) is 5.56 Å². The maximum absolute atomic E-state index is 12.2. The predicted octanol–water partition coefficient (Wildman–Crippen LogP) is 1.91. The molecule has 0 saturated carbocycles. The van der Waals surface area contributed by atoms with Gasteiger partial charge in [-0.25, -0.2) is 10.2 Å². The van der Waals surface area contributed by atoms with Gasteiger partial charge in [0.15, 0.2) is 11.5 Å². The average molecular weight is 364 g/mol. The molecule has 1 heterocycles. The van der Waals surface area contributed by atoms with Crippen molar-refractivity contribution in [2.45, 2.75) is 0 Å². The van der Waals surface area contributed by atoms with Gasteiger partial charge < -0.3 is 14.8 Å². The first-order chi connectivity index (χ1) is 13.1. The zero-order chi connectivity index (χ0) is 19.2. The van der Waals surface area contributed by atoms with Crippen molar-refractivity contribution in [1.82, 2.24) is 15.4 Å². The van der Waals surface area contributed by atoms with E-state index in [1.54, 1.807) is 24.3 Å². The standard InChI is InChI=1S/C19H16N4O4/c1-27-17-8-7-12(9-16(17)24)11-20-23-18(25)15-10-14(21-19(26)22-15)13-5-3-2-4-6-13/h2-11,24H,1H3,(H,23,25)(H,21,22,26)/b20-11+. The number of nitrogens with one attached hydrogen (secondary N) is 2. The van der Waals surface area contributed by atoms with E-state index in [1.165, 1.54) is 25.5 Å². The number of carbonyl (C=O) groups excluding carboxylic acids is 1. The second kappa shape index (κ2) is 7.96. The summed E-state index contributed by atoms with van der Waals surface area (Å²) in [7, 11) is 1.45. The van der Waals surface area contributed by atoms with Crippen LogP contribution in [0.15, 0.2) is 64.5 Å². The van der Waals surface area contributed by atoms with E-state index >= 15 is 0 Å². The molecule has 3 rings (SSSR count). The zero-order valence-electron chi connectivity index (χ0n) is 14.3. The van der Waals surface area contributed by atoms with Gasteiger partial charge in [0.2, 0.25) is 0 Å². The van der Waals surface area contributed by atoms with Crippen molar-refractivity contribution in [3.8, 4) is 22.8 Å². The fraction of sp³-hybridized carbons (Fsp3) is 0.0526. The lowest BCUT2D eigenvalue weighted by atomic mass is 10.1. The summed E-state index contributed by atoms with van der Waals surface area (Å²) in [4.78, 5) is 30.3. The number of phenols is 1. The Bertz CT molecular complexity index is 1050. The Kier molecular flexibility index (Phi) is 5.27. The summed E-state index contributed by atoms with van der Waals surface area (Å²) in [6.45, 7) is 0. The minimum Gasteiger partial charge on any atom is -0.504 e. The Balaban J connectivity index is 1.75. The fourth-order valence-corrected chi connectivity index (χ4v) is 2.35. The Morgan fingerprint density at radius 2 is 2.00 bits per heavy atom. The Hall–Kier alpha value is -3.94. The number of hydrogen-bond donors (Lipinski definition) is 3. The molecule has 1 aromatic heterocycles. The van der Waals surface area contributed by atoms with Crippen LogP contribution in [0.5, 0.6) is 11.5 Å². The number of rotatable bonds is 5. The minimum absolute atomic E-state index is 0.0311. The second-order valence-electron chi connectivity index (χ2n) is 5.48. The average Bonchev–Trinajstić information content (AvgIpc) is 2.68. The molecule has 0 radical (unpaired) electrons. The molecule has 0 aliphatic rings. The van der Waals surface area contributed by atoms with Gasteiger partial charge in [0.25, 0.3) is 5.91 Å². The van der Waals surface area contributed by atoms with Gasteiger partial charge in [-0.15, -0.1) is 0 Å². The fourth-order valence-electron chi connectivity index (χ4n) is 2.35. The Morgan fingerprint density at radius 3 is 2.70 bits per heavy atom. The second-order valence-corrected chi connectivity index (χ2v) is 5.48. The van der Waals surface area contributed by atoms with Crippen molar-refractivity contribution in [3.63, 3.8) is 0 Å². The van der Waals surface area contributed by atoms with Crippen LogP contribution in [-0.4, -0.2) is 34.3 Å². The van der Waals surface area contributed by atoms with Gasteiger partial charge in [-0.1, -0.05) is 30.3 Å². The SMILES string of the molecule is COc1ccc(/C=N/NC(=O)c2cc(-c3ccccc3)nc(=O)[nH]2)cc1O. The van der Waals surface area contributed by atoms with Crippen LogP contribution in [0.2, 0.25) is 0 Å². The van der Waals surface area contributed by atoms with Gasteiger partial charge in [-0.3, -0.25) is 4.79 Å². The number of methoxy groups -OCH3 is 1. The molecule has 8 nitrogen and oxygen atoms in total. The Morgan fingerprint density at radius 1 is 1.22 bits per heavy atom. The van der Waals surface area contributed by atoms with Gasteiger partial charge in [0, 0.05) is 5.56 Å². The predicted molar refractivity (Wildman–Crippen MR) is 100 cm³/mol. The van der Waals surface area contributed by atoms with E-state index in [4.69, 9.17) is 4.74 Å². The number of hydrazone groups is 1. The molecule has 0 atom stereocenters. The first-order valence-corrected chi connectivity index (χ1v) is 7.94. The first kappa shape index (κ1) is 17.9. The highest BCUT2D eigenvalue weighted by Gasteiger charge is 2.10. The van der Waals surface area contributed by atoms with Crippen molar-refractivity contribution in [2.24, 2.45) is 5.10 Å². The smallest absolute Gasteiger partial charge is 0.346 e. The summed E-state index contributed by atoms with van der Waals surface area (Å²) in [5, 5.41) is 13.6. The van der Waals surface area contributed by atoms with Crippen LogP contribution in [0.4, 0.5) is 0 Å². The monoisotopic (exact) mass is 364 g/mol. The maximum Gasteiger partial charge on any atom is 0.346 e. The largest absolute Gasteiger partial charge is 0.504 e. The third-order valence-corrected chi connectivity index (χ3v) is 3.64. The lowest BCUT2D eigenvalue weighted by molar-refractivity contribution is 0.0949. The summed E-state index contributed by atoms with van der Waals surface area (Å²) in [6.07, 6.45) is 1.36. The molecule has 0 unspecified atom stereocenters. The number of hydrogen-bond acceptors (Lipinski definition) is 6. The number of aromatic hydroxyl groups is 1. The van der Waals surface area contributed by atoms with Gasteiger partial charge >= 0.3 is 5.69 Å². The van der Waals surface area contributed by atoms with Gasteiger partial charge in [-0.2, -0.15) is 10.1 Å². The molecule has 0 aliphatic heterocycles. The molecular weight excluding hydrogens is 348 g/mol. The number of ether oxygens (including phenoxy) is 1. The summed E-state index contributed by atoms with van der Waals surface area (Å²) in [6, 6.07) is 15.2. The van der Waals surface area contributed by atoms with Crippen LogP contribution >= 0.6 is 0 Å². The number of nitrogens with zero attached hydrogens (tertiary/aromatic N) is 2. The number of aromatic nitrogens is 2. The lowest BCUT2D eigenvalue weighted by Gasteiger charge is -2.04. The number of benzene rings is 2. The number of H-pyrrole nitrogens is 1. The lowest BCUT2D eigenvalue weighted by Crippen LogP contribution is -2.24. The van der Waals surface area contributed by atoms with Crippen LogP contribution in [-0.2, 0) is 0 Å². The first-order valence-electron chi connectivity index (χ1n) is 7.94. The zero-order valence-corrected chi connectivity index (χ0v) is 14.3. The van der Waals surface area contributed by atoms with Gasteiger partial charge in [0.05, 0.1) is 19.0 Å². The highest BCUT2D eigenvalue weighted by Crippen LogP contribution is 2.25. The number of amides is 1. The van der Waals surface area contributed by atoms with E-state index < -0.39 is 11.6 Å². The van der Waals surface area contributed by atoms with E-state index in [0.29, 0.717) is 17.0 Å². The maximum atomic E-state index is 12.2. The normalized spacial score (nSPS) is 10.7. The molecule has 8 heteroatoms.